The van der Waals surface area contributed by atoms with Crippen molar-refractivity contribution in [2.24, 2.45) is 0 Å². The van der Waals surface area contributed by atoms with Gasteiger partial charge in [0, 0.05) is 0 Å². The third-order valence-corrected chi connectivity index (χ3v) is 10.7. The molecule has 2 aliphatic rings. The Bertz CT molecular complexity index is 2430. The zero-order chi connectivity index (χ0) is 32.4. The van der Waals surface area contributed by atoms with Gasteiger partial charge < -0.3 is 0 Å². The maximum absolute atomic E-state index is 2.50. The summed E-state index contributed by atoms with van der Waals surface area (Å²) in [6.07, 6.45) is 0. The van der Waals surface area contributed by atoms with Crippen LogP contribution in [-0.2, 0) is 5.41 Å². The van der Waals surface area contributed by atoms with Crippen LogP contribution in [-0.4, -0.2) is 0 Å². The van der Waals surface area contributed by atoms with Gasteiger partial charge in [-0.3, -0.25) is 0 Å². The predicted molar refractivity (Wildman–Crippen MR) is 204 cm³/mol. The van der Waals surface area contributed by atoms with E-state index in [2.05, 4.69) is 194 Å². The van der Waals surface area contributed by atoms with E-state index >= 15 is 0 Å². The maximum Gasteiger partial charge on any atom is 0.0726 e. The van der Waals surface area contributed by atoms with E-state index in [1.165, 1.54) is 89.0 Å². The lowest BCUT2D eigenvalue weighted by atomic mass is 9.69. The fourth-order valence-corrected chi connectivity index (χ4v) is 8.58. The number of hydrogen-bond donors (Lipinski definition) is 0. The van der Waals surface area contributed by atoms with Crippen LogP contribution in [0.5, 0.6) is 0 Å². The molecule has 0 radical (unpaired) electrons. The van der Waals surface area contributed by atoms with Gasteiger partial charge in [0.05, 0.1) is 5.41 Å². The van der Waals surface area contributed by atoms with Crippen LogP contribution in [0, 0.1) is 0 Å². The van der Waals surface area contributed by atoms with Crippen LogP contribution in [0.1, 0.15) is 22.3 Å². The molecule has 0 fully saturated rings. The van der Waals surface area contributed by atoms with Gasteiger partial charge in [0.2, 0.25) is 0 Å². The average molecular weight is 621 g/mol. The minimum absolute atomic E-state index is 0.468. The molecular weight excluding hydrogens is 589 g/mol. The summed E-state index contributed by atoms with van der Waals surface area (Å²) in [5.74, 6) is 0. The Balaban J connectivity index is 1.29. The van der Waals surface area contributed by atoms with Crippen LogP contribution >= 0.6 is 0 Å². The van der Waals surface area contributed by atoms with Crippen molar-refractivity contribution in [3.05, 3.63) is 216 Å². The first-order valence-electron chi connectivity index (χ1n) is 17.1. The molecule has 0 heterocycles. The predicted octanol–water partition coefficient (Wildman–Crippen LogP) is 12.7. The highest BCUT2D eigenvalue weighted by molar-refractivity contribution is 5.98. The molecule has 0 saturated carbocycles. The van der Waals surface area contributed by atoms with Crippen molar-refractivity contribution in [1.82, 2.24) is 0 Å². The van der Waals surface area contributed by atoms with Gasteiger partial charge in [-0.1, -0.05) is 176 Å². The fourth-order valence-electron chi connectivity index (χ4n) is 8.58. The summed E-state index contributed by atoms with van der Waals surface area (Å²) in [6, 6.07) is 71.8. The van der Waals surface area contributed by atoms with E-state index in [-0.39, 0.29) is 0 Å². The number of hydrogen-bond acceptors (Lipinski definition) is 0. The van der Waals surface area contributed by atoms with E-state index in [9.17, 15) is 0 Å². The smallest absolute Gasteiger partial charge is 0.0622 e. The largest absolute Gasteiger partial charge is 0.0726 e. The van der Waals surface area contributed by atoms with Crippen LogP contribution in [0.15, 0.2) is 194 Å². The van der Waals surface area contributed by atoms with Crippen molar-refractivity contribution in [1.29, 1.82) is 0 Å². The first-order valence-corrected chi connectivity index (χ1v) is 17.1. The SMILES string of the molecule is c1ccc(-c2ccc3c(c2)C2(c4ccccc4-c4ccc(-c5ccccc5-c5ccccc5)cc42)c2cc(-c4ccccc4)ccc2-3)cc1. The Hall–Kier alpha value is -6.24. The van der Waals surface area contributed by atoms with Crippen LogP contribution in [0.3, 0.4) is 0 Å². The molecule has 0 bridgehead atoms. The topological polar surface area (TPSA) is 0 Å². The van der Waals surface area contributed by atoms with Crippen molar-refractivity contribution in [3.8, 4) is 66.8 Å². The minimum atomic E-state index is -0.468. The van der Waals surface area contributed by atoms with E-state index in [0.717, 1.165) is 0 Å². The molecule has 0 heteroatoms. The van der Waals surface area contributed by atoms with Crippen molar-refractivity contribution in [2.45, 2.75) is 5.41 Å². The summed E-state index contributed by atoms with van der Waals surface area (Å²) in [7, 11) is 0. The third-order valence-electron chi connectivity index (χ3n) is 10.7. The molecule has 0 unspecified atom stereocenters. The molecule has 1 spiro atoms. The molecular formula is C49H32. The Labute approximate surface area is 287 Å². The van der Waals surface area contributed by atoms with Gasteiger partial charge in [0.1, 0.15) is 0 Å². The molecule has 0 aliphatic heterocycles. The highest BCUT2D eigenvalue weighted by atomic mass is 14.5. The maximum atomic E-state index is 2.50. The minimum Gasteiger partial charge on any atom is -0.0622 e. The average Bonchev–Trinajstić information content (AvgIpc) is 3.65. The Morgan fingerprint density at radius 2 is 0.551 bits per heavy atom. The second kappa shape index (κ2) is 10.9. The summed E-state index contributed by atoms with van der Waals surface area (Å²) in [5, 5.41) is 0. The molecule has 0 aromatic heterocycles. The number of fused-ring (bicyclic) bond motifs is 10. The molecule has 0 nitrogen and oxygen atoms in total. The monoisotopic (exact) mass is 620 g/mol. The first-order chi connectivity index (χ1) is 24.3. The molecule has 0 saturated heterocycles. The lowest BCUT2D eigenvalue weighted by Crippen LogP contribution is -2.26. The van der Waals surface area contributed by atoms with E-state index in [4.69, 9.17) is 0 Å². The summed E-state index contributed by atoms with van der Waals surface area (Å²) >= 11 is 0. The molecule has 8 aromatic rings. The van der Waals surface area contributed by atoms with Gasteiger partial charge in [-0.2, -0.15) is 0 Å². The highest BCUT2D eigenvalue weighted by Gasteiger charge is 2.52. The van der Waals surface area contributed by atoms with Gasteiger partial charge in [0.25, 0.3) is 0 Å². The Morgan fingerprint density at radius 1 is 0.204 bits per heavy atom. The second-order valence-electron chi connectivity index (χ2n) is 13.2. The summed E-state index contributed by atoms with van der Waals surface area (Å²) in [6.45, 7) is 0. The highest BCUT2D eigenvalue weighted by Crippen LogP contribution is 2.64. The van der Waals surface area contributed by atoms with Gasteiger partial charge in [-0.15, -0.1) is 0 Å². The standard InChI is InChI=1S/C49H32/c1-4-14-33(15-5-1)36-24-27-43-44-28-25-37(34-16-6-2-7-17-34)31-47(44)49(46(43)30-36)45-23-13-12-22-41(45)42-29-26-38(32-48(42)49)40-21-11-10-20-39(40)35-18-8-3-9-19-35/h1-32H. The van der Waals surface area contributed by atoms with E-state index in [1.54, 1.807) is 0 Å². The van der Waals surface area contributed by atoms with Gasteiger partial charge >= 0.3 is 0 Å². The zero-order valence-electron chi connectivity index (χ0n) is 27.0. The van der Waals surface area contributed by atoms with Crippen molar-refractivity contribution < 1.29 is 0 Å². The fraction of sp³-hybridized carbons (Fsp3) is 0.0204. The van der Waals surface area contributed by atoms with Crippen LogP contribution in [0.4, 0.5) is 0 Å². The van der Waals surface area contributed by atoms with E-state index in [0.29, 0.717) is 0 Å². The molecule has 8 aromatic carbocycles. The summed E-state index contributed by atoms with van der Waals surface area (Å²) in [4.78, 5) is 0. The quantitative estimate of drug-likeness (QED) is 0.184. The normalized spacial score (nSPS) is 13.1. The van der Waals surface area contributed by atoms with Crippen LogP contribution in [0.2, 0.25) is 0 Å². The molecule has 0 N–H and O–H groups in total. The molecule has 2 aliphatic carbocycles. The molecule has 49 heavy (non-hydrogen) atoms. The van der Waals surface area contributed by atoms with Gasteiger partial charge in [-0.05, 0) is 107 Å². The van der Waals surface area contributed by atoms with Gasteiger partial charge in [-0.25, -0.2) is 0 Å². The molecule has 0 amide bonds. The van der Waals surface area contributed by atoms with E-state index in [1.807, 2.05) is 0 Å². The van der Waals surface area contributed by atoms with E-state index < -0.39 is 5.41 Å². The molecule has 0 atom stereocenters. The first kappa shape index (κ1) is 27.8. The van der Waals surface area contributed by atoms with Gasteiger partial charge in [0.15, 0.2) is 0 Å². The second-order valence-corrected chi connectivity index (χ2v) is 13.2. The molecule has 228 valence electrons. The third kappa shape index (κ3) is 4.11. The van der Waals surface area contributed by atoms with Crippen LogP contribution in [0.25, 0.3) is 66.8 Å². The number of rotatable bonds is 4. The Kier molecular flexibility index (Phi) is 6.19. The summed E-state index contributed by atoms with van der Waals surface area (Å²) in [5.41, 5.74) is 20.1. The van der Waals surface area contributed by atoms with Crippen molar-refractivity contribution in [2.75, 3.05) is 0 Å². The zero-order valence-corrected chi connectivity index (χ0v) is 27.0. The van der Waals surface area contributed by atoms with Crippen molar-refractivity contribution in [3.63, 3.8) is 0 Å². The Morgan fingerprint density at radius 3 is 1.06 bits per heavy atom. The van der Waals surface area contributed by atoms with Crippen LogP contribution < -0.4 is 0 Å². The lowest BCUT2D eigenvalue weighted by Gasteiger charge is -2.31. The lowest BCUT2D eigenvalue weighted by molar-refractivity contribution is 0.794. The molecule has 10 rings (SSSR count). The summed E-state index contributed by atoms with van der Waals surface area (Å²) < 4.78 is 0. The number of benzene rings is 8. The van der Waals surface area contributed by atoms with Crippen molar-refractivity contribution >= 4 is 0 Å².